The number of carbonyl (C=O) groups is 1. The topological polar surface area (TPSA) is 70.2 Å². The Morgan fingerprint density at radius 1 is 1.00 bits per heavy atom. The van der Waals surface area contributed by atoms with Gasteiger partial charge in [0.05, 0.1) is 12.1 Å². The molecular weight excluding hydrogens is 470 g/mol. The standard InChI is InChI=1S/C29H30ClN5O/c1-20-7-12-25-26(17-20)33-29(30)34-27(25)32-18-21-8-10-24(11-9-21)35(19-22-5-3-2-4-6-22)28(36)23-13-15-31-16-14-23/h2-12,17,23,31H,13-16,18-19H2,1H3,(H,32,33,34). The second kappa shape index (κ2) is 11.1. The van der Waals surface area contributed by atoms with Gasteiger partial charge in [0.2, 0.25) is 11.2 Å². The summed E-state index contributed by atoms with van der Waals surface area (Å²) in [7, 11) is 0. The van der Waals surface area contributed by atoms with Gasteiger partial charge < -0.3 is 15.5 Å². The van der Waals surface area contributed by atoms with Gasteiger partial charge in [0, 0.05) is 23.5 Å². The van der Waals surface area contributed by atoms with Gasteiger partial charge in [-0.2, -0.15) is 0 Å². The van der Waals surface area contributed by atoms with E-state index in [4.69, 9.17) is 11.6 Å². The van der Waals surface area contributed by atoms with Crippen LogP contribution in [0.1, 0.15) is 29.5 Å². The van der Waals surface area contributed by atoms with Crippen molar-refractivity contribution in [2.75, 3.05) is 23.3 Å². The molecule has 0 atom stereocenters. The Balaban J connectivity index is 1.34. The molecule has 4 aromatic rings. The molecule has 2 N–H and O–H groups in total. The molecule has 0 bridgehead atoms. The van der Waals surface area contributed by atoms with Crippen molar-refractivity contribution in [1.82, 2.24) is 15.3 Å². The molecule has 0 saturated carbocycles. The fraction of sp³-hybridized carbons (Fsp3) is 0.276. The summed E-state index contributed by atoms with van der Waals surface area (Å²) in [5.74, 6) is 0.959. The predicted molar refractivity (Wildman–Crippen MR) is 146 cm³/mol. The molecule has 1 fully saturated rings. The molecular formula is C29H30ClN5O. The second-order valence-corrected chi connectivity index (χ2v) is 9.65. The Labute approximate surface area is 216 Å². The van der Waals surface area contributed by atoms with E-state index in [9.17, 15) is 4.79 Å². The number of piperidine rings is 1. The van der Waals surface area contributed by atoms with Crippen LogP contribution in [0.5, 0.6) is 0 Å². The molecule has 1 amide bonds. The van der Waals surface area contributed by atoms with E-state index < -0.39 is 0 Å². The van der Waals surface area contributed by atoms with Crippen LogP contribution < -0.4 is 15.5 Å². The summed E-state index contributed by atoms with van der Waals surface area (Å²) in [6.45, 7) is 4.95. The van der Waals surface area contributed by atoms with Gasteiger partial charge in [-0.25, -0.2) is 9.97 Å². The highest BCUT2D eigenvalue weighted by atomic mass is 35.5. The first-order chi connectivity index (χ1) is 17.6. The number of aromatic nitrogens is 2. The molecule has 0 spiro atoms. The van der Waals surface area contributed by atoms with Gasteiger partial charge in [0.1, 0.15) is 5.82 Å². The maximum atomic E-state index is 13.5. The van der Waals surface area contributed by atoms with Crippen LogP contribution in [-0.2, 0) is 17.9 Å². The number of anilines is 2. The van der Waals surface area contributed by atoms with Crippen LogP contribution in [0.4, 0.5) is 11.5 Å². The number of nitrogens with zero attached hydrogens (tertiary/aromatic N) is 3. The monoisotopic (exact) mass is 499 g/mol. The minimum Gasteiger partial charge on any atom is -0.365 e. The minimum atomic E-state index is 0.0516. The third-order valence-corrected chi connectivity index (χ3v) is 6.84. The molecule has 6 nitrogen and oxygen atoms in total. The molecule has 1 aliphatic rings. The number of rotatable bonds is 7. The van der Waals surface area contributed by atoms with Crippen LogP contribution in [0, 0.1) is 12.8 Å². The summed E-state index contributed by atoms with van der Waals surface area (Å²) in [4.78, 5) is 24.2. The van der Waals surface area contributed by atoms with E-state index in [0.717, 1.165) is 59.2 Å². The molecule has 1 saturated heterocycles. The van der Waals surface area contributed by atoms with E-state index in [1.807, 2.05) is 60.4 Å². The van der Waals surface area contributed by atoms with Crippen molar-refractivity contribution in [3.63, 3.8) is 0 Å². The Morgan fingerprint density at radius 3 is 2.50 bits per heavy atom. The van der Waals surface area contributed by atoms with Crippen molar-refractivity contribution in [2.24, 2.45) is 5.92 Å². The summed E-state index contributed by atoms with van der Waals surface area (Å²) in [5, 5.41) is 7.91. The third-order valence-electron chi connectivity index (χ3n) is 6.67. The van der Waals surface area contributed by atoms with E-state index in [-0.39, 0.29) is 17.1 Å². The van der Waals surface area contributed by atoms with Crippen molar-refractivity contribution >= 4 is 39.9 Å². The van der Waals surface area contributed by atoms with Crippen molar-refractivity contribution in [2.45, 2.75) is 32.9 Å². The van der Waals surface area contributed by atoms with E-state index in [1.165, 1.54) is 0 Å². The average molecular weight is 500 g/mol. The Kier molecular flexibility index (Phi) is 7.44. The molecule has 3 aromatic carbocycles. The van der Waals surface area contributed by atoms with E-state index in [1.54, 1.807) is 0 Å². The minimum absolute atomic E-state index is 0.0516. The zero-order chi connectivity index (χ0) is 24.9. The number of halogens is 1. The van der Waals surface area contributed by atoms with Crippen molar-refractivity contribution in [3.05, 3.63) is 94.8 Å². The lowest BCUT2D eigenvalue weighted by Gasteiger charge is -2.30. The fourth-order valence-corrected chi connectivity index (χ4v) is 4.85. The van der Waals surface area contributed by atoms with Gasteiger partial charge in [-0.15, -0.1) is 0 Å². The molecule has 2 heterocycles. The third kappa shape index (κ3) is 5.66. The van der Waals surface area contributed by atoms with Crippen LogP contribution in [0.25, 0.3) is 10.9 Å². The maximum absolute atomic E-state index is 13.5. The summed E-state index contributed by atoms with van der Waals surface area (Å²) in [6, 6.07) is 24.4. The van der Waals surface area contributed by atoms with Crippen LogP contribution in [0.15, 0.2) is 72.8 Å². The van der Waals surface area contributed by atoms with Crippen molar-refractivity contribution < 1.29 is 4.79 Å². The Morgan fingerprint density at radius 2 is 1.75 bits per heavy atom. The Bertz CT molecular complexity index is 1330. The molecule has 1 aliphatic heterocycles. The van der Waals surface area contributed by atoms with Crippen LogP contribution in [-0.4, -0.2) is 29.0 Å². The first-order valence-corrected chi connectivity index (χ1v) is 12.8. The second-order valence-electron chi connectivity index (χ2n) is 9.32. The molecule has 1 aromatic heterocycles. The lowest BCUT2D eigenvalue weighted by Crippen LogP contribution is -2.40. The lowest BCUT2D eigenvalue weighted by molar-refractivity contribution is -0.123. The predicted octanol–water partition coefficient (Wildman–Crippen LogP) is 5.74. The number of benzene rings is 3. The lowest BCUT2D eigenvalue weighted by atomic mass is 9.96. The highest BCUT2D eigenvalue weighted by Gasteiger charge is 2.27. The van der Waals surface area contributed by atoms with Gasteiger partial charge in [0.25, 0.3) is 0 Å². The molecule has 0 unspecified atom stereocenters. The molecule has 0 radical (unpaired) electrons. The SMILES string of the molecule is Cc1ccc2c(NCc3ccc(N(Cc4ccccc4)C(=O)C4CCNCC4)cc3)nc(Cl)nc2c1. The van der Waals surface area contributed by atoms with E-state index in [2.05, 4.69) is 44.9 Å². The van der Waals surface area contributed by atoms with Gasteiger partial charge in [-0.05, 0) is 85.4 Å². The molecule has 0 aliphatic carbocycles. The number of nitrogens with one attached hydrogen (secondary N) is 2. The van der Waals surface area contributed by atoms with Gasteiger partial charge in [0.15, 0.2) is 0 Å². The largest absolute Gasteiger partial charge is 0.365 e. The molecule has 36 heavy (non-hydrogen) atoms. The normalized spacial score (nSPS) is 14.1. The average Bonchev–Trinajstić information content (AvgIpc) is 2.91. The maximum Gasteiger partial charge on any atom is 0.230 e. The van der Waals surface area contributed by atoms with Gasteiger partial charge >= 0.3 is 0 Å². The zero-order valence-electron chi connectivity index (χ0n) is 20.4. The van der Waals surface area contributed by atoms with Crippen LogP contribution >= 0.6 is 11.6 Å². The molecule has 7 heteroatoms. The first-order valence-electron chi connectivity index (χ1n) is 12.4. The van der Waals surface area contributed by atoms with Crippen LogP contribution in [0.3, 0.4) is 0 Å². The smallest absolute Gasteiger partial charge is 0.230 e. The Hall–Kier alpha value is -3.48. The van der Waals surface area contributed by atoms with Gasteiger partial charge in [-0.3, -0.25) is 4.79 Å². The number of aryl methyl sites for hydroxylation is 1. The molecule has 5 rings (SSSR count). The van der Waals surface area contributed by atoms with Crippen molar-refractivity contribution in [3.8, 4) is 0 Å². The fourth-order valence-electron chi connectivity index (χ4n) is 4.68. The summed E-state index contributed by atoms with van der Waals surface area (Å²) in [5.41, 5.74) is 5.06. The summed E-state index contributed by atoms with van der Waals surface area (Å²) in [6.07, 6.45) is 1.75. The quantitative estimate of drug-likeness (QED) is 0.317. The van der Waals surface area contributed by atoms with Gasteiger partial charge in [-0.1, -0.05) is 48.5 Å². The number of hydrogen-bond donors (Lipinski definition) is 2. The molecule has 184 valence electrons. The number of carbonyl (C=O) groups excluding carboxylic acids is 1. The first kappa shape index (κ1) is 24.2. The number of hydrogen-bond acceptors (Lipinski definition) is 5. The zero-order valence-corrected chi connectivity index (χ0v) is 21.1. The number of fused-ring (bicyclic) bond motifs is 1. The highest BCUT2D eigenvalue weighted by Crippen LogP contribution is 2.26. The van der Waals surface area contributed by atoms with Crippen LogP contribution in [0.2, 0.25) is 5.28 Å². The van der Waals surface area contributed by atoms with Crippen molar-refractivity contribution in [1.29, 1.82) is 0 Å². The summed E-state index contributed by atoms with van der Waals surface area (Å²) >= 11 is 6.17. The van der Waals surface area contributed by atoms with E-state index in [0.29, 0.717) is 18.9 Å². The number of amides is 1. The summed E-state index contributed by atoms with van der Waals surface area (Å²) < 4.78 is 0. The highest BCUT2D eigenvalue weighted by molar-refractivity contribution is 6.28. The van der Waals surface area contributed by atoms with E-state index >= 15 is 0 Å².